The van der Waals surface area contributed by atoms with Crippen LogP contribution in [0.3, 0.4) is 0 Å². The number of nitrogens with one attached hydrogen (secondary N) is 1. The van der Waals surface area contributed by atoms with Crippen LogP contribution in [0.25, 0.3) is 0 Å². The molecule has 130 valence electrons. The predicted octanol–water partition coefficient (Wildman–Crippen LogP) is 4.32. The third-order valence-electron chi connectivity index (χ3n) is 4.11. The molecule has 1 saturated heterocycles. The van der Waals surface area contributed by atoms with E-state index in [4.69, 9.17) is 0 Å². The third-order valence-corrected chi connectivity index (χ3v) is 5.12. The van der Waals surface area contributed by atoms with E-state index in [1.807, 2.05) is 59.5 Å². The number of amides is 2. The van der Waals surface area contributed by atoms with Crippen molar-refractivity contribution in [1.29, 1.82) is 0 Å². The van der Waals surface area contributed by atoms with Crippen molar-refractivity contribution in [3.05, 3.63) is 54.6 Å². The van der Waals surface area contributed by atoms with Crippen LogP contribution in [0.5, 0.6) is 0 Å². The van der Waals surface area contributed by atoms with E-state index in [0.717, 1.165) is 36.5 Å². The van der Waals surface area contributed by atoms with Crippen LogP contribution in [0.4, 0.5) is 11.4 Å². The summed E-state index contributed by atoms with van der Waals surface area (Å²) in [6.07, 6.45) is 3.05. The summed E-state index contributed by atoms with van der Waals surface area (Å²) >= 11 is 1.67. The zero-order chi connectivity index (χ0) is 17.5. The van der Waals surface area contributed by atoms with E-state index in [1.165, 1.54) is 4.90 Å². The van der Waals surface area contributed by atoms with Crippen molar-refractivity contribution in [2.75, 3.05) is 22.5 Å². The molecule has 1 aliphatic heterocycles. The molecule has 0 radical (unpaired) electrons. The van der Waals surface area contributed by atoms with E-state index in [0.29, 0.717) is 12.8 Å². The molecule has 2 aromatic carbocycles. The van der Waals surface area contributed by atoms with Gasteiger partial charge in [-0.2, -0.15) is 0 Å². The van der Waals surface area contributed by atoms with Crippen LogP contribution in [-0.4, -0.2) is 24.1 Å². The molecule has 1 fully saturated rings. The second-order valence-electron chi connectivity index (χ2n) is 6.01. The first kappa shape index (κ1) is 17.5. The van der Waals surface area contributed by atoms with Crippen molar-refractivity contribution >= 4 is 35.0 Å². The number of carbonyl (C=O) groups is 2. The molecule has 2 amide bonds. The average Bonchev–Trinajstić information content (AvgIpc) is 2.63. The molecule has 0 unspecified atom stereocenters. The van der Waals surface area contributed by atoms with E-state index in [-0.39, 0.29) is 11.8 Å². The highest BCUT2D eigenvalue weighted by Gasteiger charge is 2.19. The lowest BCUT2D eigenvalue weighted by Crippen LogP contribution is -2.35. The first-order chi connectivity index (χ1) is 12.2. The molecule has 0 aromatic heterocycles. The number of hydrogen-bond donors (Lipinski definition) is 1. The summed E-state index contributed by atoms with van der Waals surface area (Å²) in [4.78, 5) is 27.2. The van der Waals surface area contributed by atoms with E-state index in [1.54, 1.807) is 11.8 Å². The molecule has 4 nitrogen and oxygen atoms in total. The molecule has 25 heavy (non-hydrogen) atoms. The highest BCUT2D eigenvalue weighted by molar-refractivity contribution is 7.99. The van der Waals surface area contributed by atoms with Crippen molar-refractivity contribution in [2.24, 2.45) is 0 Å². The zero-order valence-electron chi connectivity index (χ0n) is 14.1. The lowest BCUT2D eigenvalue weighted by atomic mass is 10.1. The summed E-state index contributed by atoms with van der Waals surface area (Å²) in [5.41, 5.74) is 1.60. The number of anilines is 2. The Morgan fingerprint density at radius 1 is 1.08 bits per heavy atom. The van der Waals surface area contributed by atoms with Crippen molar-refractivity contribution in [3.8, 4) is 0 Å². The van der Waals surface area contributed by atoms with Crippen molar-refractivity contribution < 1.29 is 9.59 Å². The van der Waals surface area contributed by atoms with Crippen molar-refractivity contribution in [1.82, 2.24) is 0 Å². The number of carbonyl (C=O) groups excluding carboxylic acids is 2. The van der Waals surface area contributed by atoms with Gasteiger partial charge in [0.2, 0.25) is 11.8 Å². The maximum Gasteiger partial charge on any atom is 0.226 e. The van der Waals surface area contributed by atoms with Crippen LogP contribution < -0.4 is 10.2 Å². The monoisotopic (exact) mass is 354 g/mol. The van der Waals surface area contributed by atoms with Crippen LogP contribution in [-0.2, 0) is 9.59 Å². The fourth-order valence-corrected chi connectivity index (χ4v) is 3.70. The molecule has 0 spiro atoms. The predicted molar refractivity (Wildman–Crippen MR) is 103 cm³/mol. The largest absolute Gasteiger partial charge is 0.326 e. The molecule has 0 aliphatic carbocycles. The van der Waals surface area contributed by atoms with E-state index in [9.17, 15) is 9.59 Å². The first-order valence-electron chi connectivity index (χ1n) is 8.60. The number of benzene rings is 2. The Bertz CT molecular complexity index is 733. The Morgan fingerprint density at radius 3 is 2.72 bits per heavy atom. The average molecular weight is 354 g/mol. The van der Waals surface area contributed by atoms with E-state index < -0.39 is 0 Å². The summed E-state index contributed by atoms with van der Waals surface area (Å²) in [7, 11) is 0. The van der Waals surface area contributed by atoms with Gasteiger partial charge in [-0.1, -0.05) is 24.3 Å². The van der Waals surface area contributed by atoms with Gasteiger partial charge in [0.05, 0.1) is 0 Å². The summed E-state index contributed by atoms with van der Waals surface area (Å²) in [5, 5.41) is 2.93. The molecule has 0 saturated carbocycles. The molecule has 3 rings (SSSR count). The van der Waals surface area contributed by atoms with Gasteiger partial charge in [0.1, 0.15) is 0 Å². The van der Waals surface area contributed by atoms with Gasteiger partial charge >= 0.3 is 0 Å². The van der Waals surface area contributed by atoms with Crippen LogP contribution in [0.2, 0.25) is 0 Å². The minimum atomic E-state index is -0.00875. The second-order valence-corrected chi connectivity index (χ2v) is 7.18. The van der Waals surface area contributed by atoms with Gasteiger partial charge in [-0.15, -0.1) is 11.8 Å². The normalized spacial score (nSPS) is 14.4. The first-order valence-corrected chi connectivity index (χ1v) is 9.59. The van der Waals surface area contributed by atoms with Crippen molar-refractivity contribution in [3.63, 3.8) is 0 Å². The molecular formula is C20H22N2O2S. The third kappa shape index (κ3) is 5.10. The Morgan fingerprint density at radius 2 is 1.92 bits per heavy atom. The fraction of sp³-hybridized carbons (Fsp3) is 0.300. The lowest BCUT2D eigenvalue weighted by Gasteiger charge is -2.27. The number of hydrogen-bond acceptors (Lipinski definition) is 3. The number of nitrogens with zero attached hydrogens (tertiary/aromatic N) is 1. The molecule has 0 bridgehead atoms. The number of rotatable bonds is 6. The Balaban J connectivity index is 1.52. The van der Waals surface area contributed by atoms with Gasteiger partial charge in [-0.25, -0.2) is 0 Å². The number of piperidine rings is 1. The Kier molecular flexibility index (Phi) is 6.12. The van der Waals surface area contributed by atoms with Crippen LogP contribution in [0.15, 0.2) is 59.5 Å². The summed E-state index contributed by atoms with van der Waals surface area (Å²) in [5.74, 6) is 0.889. The van der Waals surface area contributed by atoms with Crippen LogP contribution in [0.1, 0.15) is 25.7 Å². The fourth-order valence-electron chi connectivity index (χ4n) is 2.83. The van der Waals surface area contributed by atoms with Gasteiger partial charge in [0.15, 0.2) is 0 Å². The maximum absolute atomic E-state index is 12.1. The van der Waals surface area contributed by atoms with Gasteiger partial charge < -0.3 is 10.2 Å². The highest BCUT2D eigenvalue weighted by Crippen LogP contribution is 2.24. The highest BCUT2D eigenvalue weighted by atomic mass is 32.2. The topological polar surface area (TPSA) is 49.4 Å². The molecule has 1 heterocycles. The summed E-state index contributed by atoms with van der Waals surface area (Å²) in [6, 6.07) is 17.6. The van der Waals surface area contributed by atoms with Gasteiger partial charge in [0.25, 0.3) is 0 Å². The maximum atomic E-state index is 12.1. The zero-order valence-corrected chi connectivity index (χ0v) is 14.9. The van der Waals surface area contributed by atoms with Gasteiger partial charge in [-0.3, -0.25) is 9.59 Å². The summed E-state index contributed by atoms with van der Waals surface area (Å²) < 4.78 is 0. The molecular weight excluding hydrogens is 332 g/mol. The molecule has 0 atom stereocenters. The molecule has 1 N–H and O–H groups in total. The van der Waals surface area contributed by atoms with Gasteiger partial charge in [-0.05, 0) is 43.2 Å². The molecule has 5 heteroatoms. The standard InChI is InChI=1S/C20H22N2O2S/c23-19(12-14-25-18-9-2-1-3-10-18)21-16-7-6-8-17(15-16)22-13-5-4-11-20(22)24/h1-3,6-10,15H,4-5,11-14H2,(H,21,23). The molecule has 1 aliphatic rings. The minimum Gasteiger partial charge on any atom is -0.326 e. The van der Waals surface area contributed by atoms with Crippen LogP contribution >= 0.6 is 11.8 Å². The Labute approximate surface area is 152 Å². The second kappa shape index (κ2) is 8.72. The van der Waals surface area contributed by atoms with Crippen LogP contribution in [0, 0.1) is 0 Å². The quantitative estimate of drug-likeness (QED) is 0.786. The number of thioether (sulfide) groups is 1. The van der Waals surface area contributed by atoms with Gasteiger partial charge in [0, 0.05) is 41.4 Å². The SMILES string of the molecule is O=C(CCSc1ccccc1)Nc1cccc(N2CCCCC2=O)c1. The smallest absolute Gasteiger partial charge is 0.226 e. The van der Waals surface area contributed by atoms with Crippen molar-refractivity contribution in [2.45, 2.75) is 30.6 Å². The molecule has 2 aromatic rings. The van der Waals surface area contributed by atoms with E-state index >= 15 is 0 Å². The summed E-state index contributed by atoms with van der Waals surface area (Å²) in [6.45, 7) is 0.754. The minimum absolute atomic E-state index is 0.00875. The van der Waals surface area contributed by atoms with E-state index in [2.05, 4.69) is 5.32 Å². The Hall–Kier alpha value is -2.27. The lowest BCUT2D eigenvalue weighted by molar-refractivity contribution is -0.119.